The Balaban J connectivity index is 0.000000239. The third-order valence-corrected chi connectivity index (χ3v) is 10.9. The molecule has 2 aliphatic heterocycles. The maximum absolute atomic E-state index is 12.5. The smallest absolute Gasteiger partial charge is 0.384 e. The van der Waals surface area contributed by atoms with Gasteiger partial charge in [0.2, 0.25) is 11.8 Å². The van der Waals surface area contributed by atoms with E-state index in [2.05, 4.69) is 68.5 Å². The van der Waals surface area contributed by atoms with E-state index in [1.54, 1.807) is 34.4 Å². The lowest BCUT2D eigenvalue weighted by atomic mass is 9.88. The summed E-state index contributed by atoms with van der Waals surface area (Å²) in [7, 11) is 3.77. The Morgan fingerprint density at radius 3 is 1.57 bits per heavy atom. The molecular weight excluding hydrogens is 904 g/mol. The molecule has 2 aliphatic rings. The number of nitrogens with zero attached hydrogens (tertiary/aromatic N) is 6. The Morgan fingerprint density at radius 2 is 1.17 bits per heavy atom. The SMILES string of the molecule is Cc1cc(C2=NOC(C)(c3cn(C)nc3C)C2)ccc1Br.Cc1cc(C2=NOC(C)(c3cn(C)nc3C)C2)ccc1C(=O)CCC(=O)NCC(F)(F)F.NCC(=O)NCC(F)(F)F. The molecule has 4 N–H and O–H groups in total. The summed E-state index contributed by atoms with van der Waals surface area (Å²) < 4.78 is 75.0. The first-order valence-electron chi connectivity index (χ1n) is 19.5. The lowest BCUT2D eigenvalue weighted by molar-refractivity contribution is -0.138. The second-order valence-corrected chi connectivity index (χ2v) is 16.4. The number of Topliss-reactive ketones (excluding diaryl/α,β-unsaturated/α-hetero) is 1. The molecule has 14 nitrogen and oxygen atoms in total. The molecule has 2 aromatic heterocycles. The summed E-state index contributed by atoms with van der Waals surface area (Å²) in [5.74, 6) is -1.93. The number of amides is 2. The van der Waals surface area contributed by atoms with Crippen LogP contribution in [0.4, 0.5) is 26.3 Å². The summed E-state index contributed by atoms with van der Waals surface area (Å²) in [6.45, 7) is 8.63. The average molecular weight is 955 g/mol. The molecule has 0 fully saturated rings. The molecule has 0 aliphatic carbocycles. The van der Waals surface area contributed by atoms with Gasteiger partial charge in [-0.2, -0.15) is 36.5 Å². The molecule has 63 heavy (non-hydrogen) atoms. The quantitative estimate of drug-likeness (QED) is 0.105. The minimum atomic E-state index is -4.48. The van der Waals surface area contributed by atoms with Crippen LogP contribution in [0.2, 0.25) is 0 Å². The Labute approximate surface area is 368 Å². The van der Waals surface area contributed by atoms with Crippen molar-refractivity contribution < 1.29 is 50.4 Å². The fraction of sp³-hybridized carbons (Fsp3) is 0.452. The largest absolute Gasteiger partial charge is 0.405 e. The van der Waals surface area contributed by atoms with Crippen LogP contribution in [0.1, 0.15) is 94.7 Å². The topological polar surface area (TPSA) is 180 Å². The van der Waals surface area contributed by atoms with E-state index < -0.39 is 55.0 Å². The number of hydrogen-bond donors (Lipinski definition) is 3. The first kappa shape index (κ1) is 50.1. The van der Waals surface area contributed by atoms with Gasteiger partial charge in [0.1, 0.15) is 13.1 Å². The normalized spacial score (nSPS) is 18.2. The molecule has 0 bridgehead atoms. The molecule has 4 heterocycles. The van der Waals surface area contributed by atoms with Crippen molar-refractivity contribution >= 4 is 45.0 Å². The van der Waals surface area contributed by atoms with E-state index in [-0.39, 0.29) is 18.6 Å². The van der Waals surface area contributed by atoms with Crippen LogP contribution in [-0.2, 0) is 44.6 Å². The molecule has 0 spiro atoms. The fourth-order valence-corrected chi connectivity index (χ4v) is 7.06. The fourth-order valence-electron chi connectivity index (χ4n) is 6.82. The van der Waals surface area contributed by atoms with Crippen molar-refractivity contribution in [3.63, 3.8) is 0 Å². The van der Waals surface area contributed by atoms with Gasteiger partial charge in [-0.05, 0) is 82.0 Å². The summed E-state index contributed by atoms with van der Waals surface area (Å²) in [5.41, 5.74) is 13.5. The summed E-state index contributed by atoms with van der Waals surface area (Å²) in [4.78, 5) is 45.7. The van der Waals surface area contributed by atoms with Crippen LogP contribution in [0, 0.1) is 27.7 Å². The molecule has 0 saturated heterocycles. The molecule has 2 amide bonds. The Morgan fingerprint density at radius 1 is 0.730 bits per heavy atom. The number of alkyl halides is 6. The second kappa shape index (κ2) is 20.3. The zero-order valence-electron chi connectivity index (χ0n) is 36.0. The van der Waals surface area contributed by atoms with Crippen LogP contribution < -0.4 is 16.4 Å². The molecule has 6 rings (SSSR count). The molecule has 0 saturated carbocycles. The monoisotopic (exact) mass is 953 g/mol. The zero-order chi connectivity index (χ0) is 47.1. The standard InChI is InChI=1S/C22H25F3N4O3.C16H18BrN3O.C4H7F3N2O/c1-13-9-15(18-10-21(3,32-28-18)17-11-29(4)27-14(17)2)5-6-16(13)19(30)7-8-20(31)26-12-22(23,24)25;1-10-7-12(5-6-14(10)17)15-8-16(3,21-19-15)13-9-20(4)18-11(13)2;5-4(6,7)2-9-3(10)1-8/h5-6,9,11H,7-8,10,12H2,1-4H3,(H,26,31);5-7,9H,8H2,1-4H3;1-2,8H2,(H,9,10). The lowest BCUT2D eigenvalue weighted by Gasteiger charge is -2.20. The first-order valence-corrected chi connectivity index (χ1v) is 20.3. The molecule has 21 heteroatoms. The van der Waals surface area contributed by atoms with Crippen LogP contribution in [0.5, 0.6) is 0 Å². The van der Waals surface area contributed by atoms with Gasteiger partial charge in [0.25, 0.3) is 0 Å². The predicted molar refractivity (Wildman–Crippen MR) is 226 cm³/mol. The van der Waals surface area contributed by atoms with E-state index in [1.807, 2.05) is 58.0 Å². The van der Waals surface area contributed by atoms with Crippen molar-refractivity contribution in [2.75, 3.05) is 19.6 Å². The summed E-state index contributed by atoms with van der Waals surface area (Å²) in [6.07, 6.45) is -4.11. The van der Waals surface area contributed by atoms with Crippen molar-refractivity contribution in [1.29, 1.82) is 0 Å². The van der Waals surface area contributed by atoms with E-state index in [1.165, 1.54) is 5.56 Å². The Hall–Kier alpha value is -5.57. The molecule has 2 atom stereocenters. The van der Waals surface area contributed by atoms with Gasteiger partial charge >= 0.3 is 12.4 Å². The van der Waals surface area contributed by atoms with Crippen LogP contribution in [-0.4, -0.2) is 80.6 Å². The number of carbonyl (C=O) groups excluding carboxylic acids is 3. The third-order valence-electron chi connectivity index (χ3n) is 9.98. The first-order chi connectivity index (χ1) is 29.2. The molecule has 342 valence electrons. The van der Waals surface area contributed by atoms with E-state index in [9.17, 15) is 40.7 Å². The van der Waals surface area contributed by atoms with Gasteiger partial charge in [0.05, 0.1) is 29.4 Å². The highest BCUT2D eigenvalue weighted by Gasteiger charge is 2.40. The van der Waals surface area contributed by atoms with Gasteiger partial charge in [-0.15, -0.1) is 0 Å². The predicted octanol–water partition coefficient (Wildman–Crippen LogP) is 7.18. The molecule has 2 unspecified atom stereocenters. The van der Waals surface area contributed by atoms with Crippen LogP contribution >= 0.6 is 15.9 Å². The Bertz CT molecular complexity index is 2380. The van der Waals surface area contributed by atoms with Gasteiger partial charge in [0.15, 0.2) is 17.0 Å². The van der Waals surface area contributed by atoms with Gasteiger partial charge in [-0.1, -0.05) is 44.4 Å². The number of rotatable bonds is 11. The number of ketones is 1. The van der Waals surface area contributed by atoms with Gasteiger partial charge in [-0.3, -0.25) is 23.7 Å². The lowest BCUT2D eigenvalue weighted by Crippen LogP contribution is -2.37. The number of nitrogens with one attached hydrogen (secondary N) is 2. The maximum Gasteiger partial charge on any atom is 0.405 e. The van der Waals surface area contributed by atoms with E-state index in [0.29, 0.717) is 17.5 Å². The number of benzene rings is 2. The molecule has 2 aromatic carbocycles. The van der Waals surface area contributed by atoms with Crippen LogP contribution in [0.25, 0.3) is 0 Å². The highest BCUT2D eigenvalue weighted by atomic mass is 79.9. The highest BCUT2D eigenvalue weighted by molar-refractivity contribution is 9.10. The number of aryl methyl sites for hydroxylation is 6. The maximum atomic E-state index is 12.5. The molecule has 4 aromatic rings. The summed E-state index contributed by atoms with van der Waals surface area (Å²) in [5, 5.41) is 20.7. The second-order valence-electron chi connectivity index (χ2n) is 15.6. The van der Waals surface area contributed by atoms with Gasteiger partial charge in [0, 0.05) is 73.3 Å². The highest BCUT2D eigenvalue weighted by Crippen LogP contribution is 2.39. The number of halogens is 7. The van der Waals surface area contributed by atoms with E-state index in [4.69, 9.17) is 15.4 Å². The number of carbonyl (C=O) groups is 3. The number of oxime groups is 2. The van der Waals surface area contributed by atoms with Crippen molar-refractivity contribution in [3.8, 4) is 0 Å². The average Bonchev–Trinajstić information content (AvgIpc) is 3.98. The van der Waals surface area contributed by atoms with Crippen LogP contribution in [0.3, 0.4) is 0 Å². The minimum absolute atomic E-state index is 0.174. The van der Waals surface area contributed by atoms with Crippen LogP contribution in [0.15, 0.2) is 63.6 Å². The van der Waals surface area contributed by atoms with Crippen molar-refractivity contribution in [3.05, 3.63) is 104 Å². The summed E-state index contributed by atoms with van der Waals surface area (Å²) >= 11 is 3.53. The number of nitrogens with two attached hydrogens (primary N) is 1. The van der Waals surface area contributed by atoms with Crippen molar-refractivity contribution in [1.82, 2.24) is 30.2 Å². The minimum Gasteiger partial charge on any atom is -0.384 e. The van der Waals surface area contributed by atoms with Crippen molar-refractivity contribution in [2.45, 2.75) is 90.8 Å². The van der Waals surface area contributed by atoms with E-state index in [0.717, 1.165) is 56.0 Å². The zero-order valence-corrected chi connectivity index (χ0v) is 37.6. The Kier molecular flexibility index (Phi) is 16.1. The van der Waals surface area contributed by atoms with Crippen molar-refractivity contribution in [2.24, 2.45) is 30.1 Å². The number of hydrogen-bond acceptors (Lipinski definition) is 10. The van der Waals surface area contributed by atoms with Gasteiger partial charge in [-0.25, -0.2) is 0 Å². The number of aromatic nitrogens is 4. The molecule has 0 radical (unpaired) electrons. The van der Waals surface area contributed by atoms with Gasteiger partial charge < -0.3 is 26.0 Å². The summed E-state index contributed by atoms with van der Waals surface area (Å²) in [6, 6.07) is 11.5. The molecular formula is C42H50BrF6N9O5. The van der Waals surface area contributed by atoms with E-state index >= 15 is 0 Å². The third kappa shape index (κ3) is 14.0.